The van der Waals surface area contributed by atoms with Gasteiger partial charge in [-0.05, 0) is 25.0 Å². The topological polar surface area (TPSA) is 101 Å². The van der Waals surface area contributed by atoms with Crippen molar-refractivity contribution in [2.45, 2.75) is 58.0 Å². The molecule has 0 aliphatic rings. The van der Waals surface area contributed by atoms with Gasteiger partial charge in [0.05, 0.1) is 24.0 Å². The number of carbonyl (C=O) groups is 3. The summed E-state index contributed by atoms with van der Waals surface area (Å²) in [5.41, 5.74) is 0.717. The summed E-state index contributed by atoms with van der Waals surface area (Å²) in [6.45, 7) is 2.08. The largest absolute Gasteiger partial charge is 0.481 e. The van der Waals surface area contributed by atoms with Crippen molar-refractivity contribution >= 4 is 17.7 Å². The predicted molar refractivity (Wildman–Crippen MR) is 117 cm³/mol. The Morgan fingerprint density at radius 2 is 1.61 bits per heavy atom. The third-order valence-corrected chi connectivity index (χ3v) is 5.11. The van der Waals surface area contributed by atoms with E-state index in [9.17, 15) is 24.6 Å². The van der Waals surface area contributed by atoms with Gasteiger partial charge in [0.25, 0.3) is 0 Å². The van der Waals surface area contributed by atoms with Crippen LogP contribution in [-0.4, -0.2) is 34.0 Å². The van der Waals surface area contributed by atoms with Gasteiger partial charge in [0.15, 0.2) is 5.78 Å². The lowest BCUT2D eigenvalue weighted by Gasteiger charge is -2.17. The third kappa shape index (κ3) is 7.98. The van der Waals surface area contributed by atoms with Gasteiger partial charge in [-0.2, -0.15) is 0 Å². The number of hydrogen-bond acceptors (Lipinski definition) is 5. The molecule has 0 heterocycles. The summed E-state index contributed by atoms with van der Waals surface area (Å²) in [5, 5.41) is 19.6. The van der Waals surface area contributed by atoms with Gasteiger partial charge in [0.1, 0.15) is 5.75 Å². The van der Waals surface area contributed by atoms with Gasteiger partial charge in [-0.1, -0.05) is 75.1 Å². The van der Waals surface area contributed by atoms with E-state index in [0.29, 0.717) is 12.0 Å². The normalized spacial score (nSPS) is 12.7. The summed E-state index contributed by atoms with van der Waals surface area (Å²) in [7, 11) is 0. The Morgan fingerprint density at radius 3 is 2.29 bits per heavy atom. The van der Waals surface area contributed by atoms with Crippen LogP contribution in [0.4, 0.5) is 0 Å². The Labute approximate surface area is 182 Å². The minimum Gasteiger partial charge on any atom is -0.481 e. The van der Waals surface area contributed by atoms with Crippen LogP contribution in [-0.2, 0) is 9.59 Å². The van der Waals surface area contributed by atoms with Crippen LogP contribution in [0.25, 0.3) is 0 Å². The first kappa shape index (κ1) is 24.3. The molecule has 0 amide bonds. The van der Waals surface area contributed by atoms with Gasteiger partial charge in [-0.25, -0.2) is 0 Å². The average Bonchev–Trinajstić information content (AvgIpc) is 2.76. The first-order valence-electron chi connectivity index (χ1n) is 10.7. The highest BCUT2D eigenvalue weighted by Gasteiger charge is 2.24. The highest BCUT2D eigenvalue weighted by Crippen LogP contribution is 2.23. The fraction of sp³-hybridized carbons (Fsp3) is 0.400. The number of hydrogen-bond donors (Lipinski definition) is 2. The van der Waals surface area contributed by atoms with Crippen molar-refractivity contribution in [3.05, 3.63) is 65.7 Å². The van der Waals surface area contributed by atoms with Crippen LogP contribution in [0.5, 0.6) is 5.75 Å². The van der Waals surface area contributed by atoms with E-state index in [0.717, 1.165) is 25.7 Å². The van der Waals surface area contributed by atoms with Crippen LogP contribution >= 0.6 is 0 Å². The SMILES string of the molecule is CCCCCCC(CC(O)CC(=O)Oc1ccccc1C(=O)c1ccccc1)C(=O)O. The highest BCUT2D eigenvalue weighted by molar-refractivity contribution is 6.11. The molecule has 2 atom stereocenters. The van der Waals surface area contributed by atoms with E-state index in [4.69, 9.17) is 4.74 Å². The molecule has 0 bridgehead atoms. The number of aliphatic carboxylic acids is 1. The zero-order valence-electron chi connectivity index (χ0n) is 17.8. The molecule has 2 aromatic rings. The number of benzene rings is 2. The number of carboxylic acids is 1. The number of ether oxygens (including phenoxy) is 1. The molecule has 0 radical (unpaired) electrons. The maximum Gasteiger partial charge on any atom is 0.313 e. The monoisotopic (exact) mass is 426 g/mol. The minimum absolute atomic E-state index is 0.0127. The van der Waals surface area contributed by atoms with Crippen LogP contribution in [0, 0.1) is 5.92 Å². The maximum atomic E-state index is 12.7. The Bertz CT molecular complexity index is 861. The standard InChI is InChI=1S/C25H30O6/c1-2-3-4-6-13-19(25(29)30)16-20(26)17-23(27)31-22-15-10-9-14-21(22)24(28)18-11-7-5-8-12-18/h5,7-12,14-15,19-20,26H,2-4,6,13,16-17H2,1H3,(H,29,30). The third-order valence-electron chi connectivity index (χ3n) is 5.11. The van der Waals surface area contributed by atoms with Crippen molar-refractivity contribution in [1.29, 1.82) is 0 Å². The van der Waals surface area contributed by atoms with E-state index in [1.807, 2.05) is 0 Å². The molecule has 2 rings (SSSR count). The van der Waals surface area contributed by atoms with Crippen LogP contribution in [0.15, 0.2) is 54.6 Å². The molecular formula is C25H30O6. The number of carboxylic acid groups (broad SMARTS) is 1. The maximum absolute atomic E-state index is 12.7. The van der Waals surface area contributed by atoms with E-state index in [1.54, 1.807) is 48.5 Å². The lowest BCUT2D eigenvalue weighted by molar-refractivity contribution is -0.144. The Morgan fingerprint density at radius 1 is 0.935 bits per heavy atom. The lowest BCUT2D eigenvalue weighted by atomic mass is 9.94. The number of rotatable bonds is 13. The second-order valence-electron chi connectivity index (χ2n) is 7.64. The molecular weight excluding hydrogens is 396 g/mol. The van der Waals surface area contributed by atoms with E-state index in [1.165, 1.54) is 6.07 Å². The van der Waals surface area contributed by atoms with Gasteiger partial charge in [0, 0.05) is 5.56 Å². The molecule has 0 aliphatic heterocycles. The van der Waals surface area contributed by atoms with Crippen LogP contribution in [0.3, 0.4) is 0 Å². The highest BCUT2D eigenvalue weighted by atomic mass is 16.5. The Hall–Kier alpha value is -2.99. The van der Waals surface area contributed by atoms with Crippen molar-refractivity contribution in [3.8, 4) is 5.75 Å². The van der Waals surface area contributed by atoms with Crippen molar-refractivity contribution < 1.29 is 29.3 Å². The van der Waals surface area contributed by atoms with Crippen LogP contribution in [0.1, 0.15) is 67.8 Å². The van der Waals surface area contributed by atoms with Gasteiger partial charge in [-0.15, -0.1) is 0 Å². The zero-order valence-corrected chi connectivity index (χ0v) is 17.8. The molecule has 0 spiro atoms. The van der Waals surface area contributed by atoms with E-state index < -0.39 is 24.0 Å². The van der Waals surface area contributed by atoms with Crippen molar-refractivity contribution in [2.75, 3.05) is 0 Å². The summed E-state index contributed by atoms with van der Waals surface area (Å²) in [5.74, 6) is -2.55. The van der Waals surface area contributed by atoms with Crippen molar-refractivity contribution in [3.63, 3.8) is 0 Å². The molecule has 0 aliphatic carbocycles. The number of para-hydroxylation sites is 1. The first-order chi connectivity index (χ1) is 14.9. The average molecular weight is 427 g/mol. The summed E-state index contributed by atoms with van der Waals surface area (Å²) in [6.07, 6.45) is 2.81. The minimum atomic E-state index is -1.13. The summed E-state index contributed by atoms with van der Waals surface area (Å²) in [6, 6.07) is 15.1. The van der Waals surface area contributed by atoms with Gasteiger partial charge < -0.3 is 14.9 Å². The Balaban J connectivity index is 1.96. The Kier molecular flexibility index (Phi) is 9.91. The number of aliphatic hydroxyl groups is 1. The number of unbranched alkanes of at least 4 members (excludes halogenated alkanes) is 3. The van der Waals surface area contributed by atoms with Crippen molar-refractivity contribution in [1.82, 2.24) is 0 Å². The molecule has 0 saturated heterocycles. The lowest BCUT2D eigenvalue weighted by Crippen LogP contribution is -2.25. The first-order valence-corrected chi connectivity index (χ1v) is 10.7. The van der Waals surface area contributed by atoms with E-state index in [-0.39, 0.29) is 29.9 Å². The second kappa shape index (κ2) is 12.6. The second-order valence-corrected chi connectivity index (χ2v) is 7.64. The molecule has 6 nitrogen and oxygen atoms in total. The van der Waals surface area contributed by atoms with Gasteiger partial charge >= 0.3 is 11.9 Å². The summed E-state index contributed by atoms with van der Waals surface area (Å²) in [4.78, 5) is 36.5. The molecule has 2 unspecified atom stereocenters. The van der Waals surface area contributed by atoms with Crippen molar-refractivity contribution in [2.24, 2.45) is 5.92 Å². The number of esters is 1. The number of carbonyl (C=O) groups excluding carboxylic acids is 2. The quantitative estimate of drug-likeness (QED) is 0.209. The summed E-state index contributed by atoms with van der Waals surface area (Å²) < 4.78 is 5.35. The number of ketones is 1. The summed E-state index contributed by atoms with van der Waals surface area (Å²) >= 11 is 0. The fourth-order valence-corrected chi connectivity index (χ4v) is 3.42. The smallest absolute Gasteiger partial charge is 0.313 e. The van der Waals surface area contributed by atoms with E-state index >= 15 is 0 Å². The molecule has 0 aromatic heterocycles. The van der Waals surface area contributed by atoms with E-state index in [2.05, 4.69) is 6.92 Å². The molecule has 166 valence electrons. The van der Waals surface area contributed by atoms with Gasteiger partial charge in [-0.3, -0.25) is 14.4 Å². The van der Waals surface area contributed by atoms with Gasteiger partial charge in [0.2, 0.25) is 0 Å². The fourth-order valence-electron chi connectivity index (χ4n) is 3.42. The molecule has 0 fully saturated rings. The molecule has 2 N–H and O–H groups in total. The number of aliphatic hydroxyl groups excluding tert-OH is 1. The molecule has 2 aromatic carbocycles. The van der Waals surface area contributed by atoms with Crippen LogP contribution < -0.4 is 4.74 Å². The zero-order chi connectivity index (χ0) is 22.6. The molecule has 6 heteroatoms. The van der Waals surface area contributed by atoms with Crippen LogP contribution in [0.2, 0.25) is 0 Å². The predicted octanol–water partition coefficient (Wildman–Crippen LogP) is 4.64. The molecule has 0 saturated carbocycles. The molecule has 31 heavy (non-hydrogen) atoms.